The Kier molecular flexibility index (Phi) is 6.50. The number of ether oxygens (including phenoxy) is 3. The standard InChI is InChI=1S/C15H24O4/c1-5-6-7-19-15-13(17-3)9-12(8-11(2)16)10-14(15)18-4/h9-11,16H,5-8H2,1-4H3. The van der Waals surface area contributed by atoms with E-state index in [1.165, 1.54) is 0 Å². The van der Waals surface area contributed by atoms with Crippen molar-refractivity contribution in [3.05, 3.63) is 17.7 Å². The zero-order chi connectivity index (χ0) is 14.3. The third-order valence-electron chi connectivity index (χ3n) is 2.80. The summed E-state index contributed by atoms with van der Waals surface area (Å²) in [6.07, 6.45) is 2.22. The molecule has 4 nitrogen and oxygen atoms in total. The Morgan fingerprint density at radius 3 is 2.16 bits per heavy atom. The minimum atomic E-state index is -0.402. The minimum absolute atomic E-state index is 0.402. The summed E-state index contributed by atoms with van der Waals surface area (Å²) in [5.41, 5.74) is 0.964. The van der Waals surface area contributed by atoms with Crippen molar-refractivity contribution < 1.29 is 19.3 Å². The van der Waals surface area contributed by atoms with Crippen LogP contribution in [0, 0.1) is 0 Å². The molecule has 1 unspecified atom stereocenters. The van der Waals surface area contributed by atoms with Crippen molar-refractivity contribution in [2.75, 3.05) is 20.8 Å². The smallest absolute Gasteiger partial charge is 0.203 e. The van der Waals surface area contributed by atoms with E-state index in [0.717, 1.165) is 18.4 Å². The highest BCUT2D eigenvalue weighted by atomic mass is 16.5. The maximum Gasteiger partial charge on any atom is 0.203 e. The molecule has 0 radical (unpaired) electrons. The predicted octanol–water partition coefficient (Wildman–Crippen LogP) is 2.81. The number of hydrogen-bond acceptors (Lipinski definition) is 4. The first-order valence-corrected chi connectivity index (χ1v) is 6.68. The summed E-state index contributed by atoms with van der Waals surface area (Å²) in [6.45, 7) is 4.51. The van der Waals surface area contributed by atoms with Gasteiger partial charge in [0.25, 0.3) is 0 Å². The van der Waals surface area contributed by atoms with Crippen LogP contribution in [0.1, 0.15) is 32.3 Å². The average Bonchev–Trinajstić information content (AvgIpc) is 2.38. The molecule has 0 spiro atoms. The summed E-state index contributed by atoms with van der Waals surface area (Å²) in [4.78, 5) is 0. The molecule has 4 heteroatoms. The fourth-order valence-corrected chi connectivity index (χ4v) is 1.85. The molecule has 0 fully saturated rings. The van der Waals surface area contributed by atoms with E-state index in [1.54, 1.807) is 21.1 Å². The van der Waals surface area contributed by atoms with Gasteiger partial charge in [0, 0.05) is 0 Å². The lowest BCUT2D eigenvalue weighted by Gasteiger charge is -2.16. The monoisotopic (exact) mass is 268 g/mol. The summed E-state index contributed by atoms with van der Waals surface area (Å²) in [6, 6.07) is 3.77. The van der Waals surface area contributed by atoms with Gasteiger partial charge < -0.3 is 19.3 Å². The summed E-state index contributed by atoms with van der Waals surface area (Å²) in [5, 5.41) is 9.46. The van der Waals surface area contributed by atoms with Gasteiger partial charge in [-0.1, -0.05) is 13.3 Å². The van der Waals surface area contributed by atoms with Crippen LogP contribution in [-0.2, 0) is 6.42 Å². The Hall–Kier alpha value is -1.42. The lowest BCUT2D eigenvalue weighted by molar-refractivity contribution is 0.195. The second-order valence-electron chi connectivity index (χ2n) is 4.58. The van der Waals surface area contributed by atoms with E-state index >= 15 is 0 Å². The number of methoxy groups -OCH3 is 2. The maximum absolute atomic E-state index is 9.46. The Bertz CT molecular complexity index is 363. The topological polar surface area (TPSA) is 47.9 Å². The molecule has 0 aliphatic rings. The van der Waals surface area contributed by atoms with Crippen LogP contribution in [0.25, 0.3) is 0 Å². The Morgan fingerprint density at radius 1 is 1.16 bits per heavy atom. The fraction of sp³-hybridized carbons (Fsp3) is 0.600. The zero-order valence-corrected chi connectivity index (χ0v) is 12.2. The third kappa shape index (κ3) is 4.63. The van der Waals surface area contributed by atoms with Crippen LogP contribution in [0.2, 0.25) is 0 Å². The number of hydrogen-bond donors (Lipinski definition) is 1. The first-order valence-electron chi connectivity index (χ1n) is 6.68. The molecule has 0 saturated heterocycles. The Balaban J connectivity index is 2.99. The van der Waals surface area contributed by atoms with Gasteiger partial charge in [0.2, 0.25) is 5.75 Å². The lowest BCUT2D eigenvalue weighted by atomic mass is 10.1. The summed E-state index contributed by atoms with van der Waals surface area (Å²) in [7, 11) is 3.21. The fourth-order valence-electron chi connectivity index (χ4n) is 1.85. The van der Waals surface area contributed by atoms with Crippen LogP contribution in [0.15, 0.2) is 12.1 Å². The quantitative estimate of drug-likeness (QED) is 0.736. The highest BCUT2D eigenvalue weighted by molar-refractivity contribution is 5.54. The molecule has 0 bridgehead atoms. The predicted molar refractivity (Wildman–Crippen MR) is 75.3 cm³/mol. The highest BCUT2D eigenvalue weighted by Crippen LogP contribution is 2.39. The van der Waals surface area contributed by atoms with Crippen LogP contribution >= 0.6 is 0 Å². The summed E-state index contributed by atoms with van der Waals surface area (Å²) in [5.74, 6) is 1.92. The van der Waals surface area contributed by atoms with Crippen molar-refractivity contribution in [1.29, 1.82) is 0 Å². The van der Waals surface area contributed by atoms with Gasteiger partial charge in [-0.25, -0.2) is 0 Å². The zero-order valence-electron chi connectivity index (χ0n) is 12.2. The van der Waals surface area contributed by atoms with Gasteiger partial charge in [0.05, 0.1) is 26.9 Å². The van der Waals surface area contributed by atoms with Crippen molar-refractivity contribution in [2.45, 2.75) is 39.2 Å². The molecule has 0 saturated carbocycles. The second kappa shape index (κ2) is 7.89. The molecule has 1 aromatic rings. The van der Waals surface area contributed by atoms with Crippen molar-refractivity contribution >= 4 is 0 Å². The lowest BCUT2D eigenvalue weighted by Crippen LogP contribution is -2.06. The van der Waals surface area contributed by atoms with Crippen molar-refractivity contribution in [2.24, 2.45) is 0 Å². The molecular weight excluding hydrogens is 244 g/mol. The van der Waals surface area contributed by atoms with Gasteiger partial charge in [-0.15, -0.1) is 0 Å². The minimum Gasteiger partial charge on any atom is -0.493 e. The number of unbranched alkanes of at least 4 members (excludes halogenated alkanes) is 1. The first kappa shape index (κ1) is 15.6. The molecule has 0 aromatic heterocycles. The number of aliphatic hydroxyl groups is 1. The molecule has 108 valence electrons. The summed E-state index contributed by atoms with van der Waals surface area (Å²) < 4.78 is 16.4. The third-order valence-corrected chi connectivity index (χ3v) is 2.80. The molecule has 1 rings (SSSR count). The molecule has 19 heavy (non-hydrogen) atoms. The van der Waals surface area contributed by atoms with E-state index < -0.39 is 6.10 Å². The van der Waals surface area contributed by atoms with Crippen molar-refractivity contribution in [3.8, 4) is 17.2 Å². The second-order valence-corrected chi connectivity index (χ2v) is 4.58. The Morgan fingerprint density at radius 2 is 1.74 bits per heavy atom. The van der Waals surface area contributed by atoms with Crippen LogP contribution in [0.5, 0.6) is 17.2 Å². The first-order chi connectivity index (χ1) is 9.12. The van der Waals surface area contributed by atoms with E-state index in [0.29, 0.717) is 30.3 Å². The van der Waals surface area contributed by atoms with Gasteiger partial charge in [0.1, 0.15) is 0 Å². The van der Waals surface area contributed by atoms with Gasteiger partial charge in [-0.3, -0.25) is 0 Å². The highest BCUT2D eigenvalue weighted by Gasteiger charge is 2.14. The van der Waals surface area contributed by atoms with Crippen LogP contribution < -0.4 is 14.2 Å². The molecular formula is C15H24O4. The van der Waals surface area contributed by atoms with Gasteiger partial charge >= 0.3 is 0 Å². The summed E-state index contributed by atoms with van der Waals surface area (Å²) >= 11 is 0. The SMILES string of the molecule is CCCCOc1c(OC)cc(CC(C)O)cc1OC. The van der Waals surface area contributed by atoms with E-state index in [9.17, 15) is 5.11 Å². The van der Waals surface area contributed by atoms with Gasteiger partial charge in [-0.05, 0) is 37.5 Å². The molecule has 0 amide bonds. The molecule has 1 N–H and O–H groups in total. The van der Waals surface area contributed by atoms with E-state index in [4.69, 9.17) is 14.2 Å². The maximum atomic E-state index is 9.46. The number of benzene rings is 1. The van der Waals surface area contributed by atoms with Crippen LogP contribution in [0.3, 0.4) is 0 Å². The number of rotatable bonds is 8. The Labute approximate surface area is 115 Å². The van der Waals surface area contributed by atoms with Crippen LogP contribution in [0.4, 0.5) is 0 Å². The molecule has 1 aromatic carbocycles. The van der Waals surface area contributed by atoms with E-state index in [1.807, 2.05) is 12.1 Å². The van der Waals surface area contributed by atoms with Gasteiger partial charge in [-0.2, -0.15) is 0 Å². The molecule has 0 aliphatic heterocycles. The van der Waals surface area contributed by atoms with Crippen LogP contribution in [-0.4, -0.2) is 32.0 Å². The normalized spacial score (nSPS) is 12.1. The van der Waals surface area contributed by atoms with Gasteiger partial charge in [0.15, 0.2) is 11.5 Å². The number of aliphatic hydroxyl groups excluding tert-OH is 1. The largest absolute Gasteiger partial charge is 0.493 e. The molecule has 0 aliphatic carbocycles. The van der Waals surface area contributed by atoms with E-state index in [-0.39, 0.29) is 0 Å². The molecule has 1 atom stereocenters. The van der Waals surface area contributed by atoms with E-state index in [2.05, 4.69) is 6.92 Å². The van der Waals surface area contributed by atoms with Crippen molar-refractivity contribution in [1.82, 2.24) is 0 Å². The van der Waals surface area contributed by atoms with Crippen molar-refractivity contribution in [3.63, 3.8) is 0 Å². The molecule has 0 heterocycles. The average molecular weight is 268 g/mol.